The highest BCUT2D eigenvalue weighted by Crippen LogP contribution is 2.28. The van der Waals surface area contributed by atoms with Crippen LogP contribution in [-0.2, 0) is 4.79 Å². The van der Waals surface area contributed by atoms with Crippen LogP contribution in [0.4, 0.5) is 15.9 Å². The summed E-state index contributed by atoms with van der Waals surface area (Å²) in [7, 11) is 0. The van der Waals surface area contributed by atoms with Crippen molar-refractivity contribution in [3.8, 4) is 5.75 Å². The highest BCUT2D eigenvalue weighted by molar-refractivity contribution is 5.99. The van der Waals surface area contributed by atoms with Crippen molar-refractivity contribution in [2.24, 2.45) is 16.1 Å². The number of carbonyl (C=O) groups excluding carboxylic acids is 2. The van der Waals surface area contributed by atoms with Crippen LogP contribution < -0.4 is 20.5 Å². The van der Waals surface area contributed by atoms with E-state index in [1.807, 2.05) is 0 Å². The fraction of sp³-hybridized carbons (Fsp3) is 0.348. The number of benzene rings is 1. The van der Waals surface area contributed by atoms with E-state index < -0.39 is 5.91 Å². The molecule has 33 heavy (non-hydrogen) atoms. The molecule has 2 atom stereocenters. The van der Waals surface area contributed by atoms with E-state index in [0.29, 0.717) is 18.0 Å². The highest BCUT2D eigenvalue weighted by atomic mass is 19.1. The standard InChI is InChI=1S/C23H27FN6O3/c1-4-26-30(25-3)20-12-13-21(27-15(2)31)29-22(20)23(32)28-19-7-5-6-16(19)14-33-18-10-8-17(24)9-11-18/h4,8-13,16,19H,3,5-7,14H2,1-2H3,(H,28,32)(H,27,29,31)/b26-4-/t16-,19+/m1/s1. The van der Waals surface area contributed by atoms with Crippen molar-refractivity contribution in [3.63, 3.8) is 0 Å². The second kappa shape index (κ2) is 11.2. The summed E-state index contributed by atoms with van der Waals surface area (Å²) in [6, 6.07) is 8.87. The summed E-state index contributed by atoms with van der Waals surface area (Å²) in [6.45, 7) is 6.96. The molecule has 0 aliphatic heterocycles. The van der Waals surface area contributed by atoms with Gasteiger partial charge in [-0.3, -0.25) is 9.59 Å². The zero-order chi connectivity index (χ0) is 23.8. The Balaban J connectivity index is 1.76. The van der Waals surface area contributed by atoms with E-state index in [1.54, 1.807) is 31.2 Å². The smallest absolute Gasteiger partial charge is 0.272 e. The number of nitrogens with zero attached hydrogens (tertiary/aromatic N) is 4. The van der Waals surface area contributed by atoms with Gasteiger partial charge in [-0.1, -0.05) is 6.42 Å². The molecule has 1 aromatic heterocycles. The van der Waals surface area contributed by atoms with Crippen molar-refractivity contribution in [2.45, 2.75) is 39.2 Å². The Bertz CT molecular complexity index is 1030. The largest absolute Gasteiger partial charge is 0.493 e. The summed E-state index contributed by atoms with van der Waals surface area (Å²) in [6.07, 6.45) is 4.13. The molecule has 0 saturated heterocycles. The Hall–Kier alpha value is -3.82. The van der Waals surface area contributed by atoms with Crippen LogP contribution in [-0.4, -0.2) is 42.4 Å². The van der Waals surface area contributed by atoms with E-state index in [1.165, 1.54) is 30.4 Å². The number of hydrogen-bond donors (Lipinski definition) is 2. The first-order valence-electron chi connectivity index (χ1n) is 10.6. The van der Waals surface area contributed by atoms with Crippen LogP contribution in [0.5, 0.6) is 5.75 Å². The van der Waals surface area contributed by atoms with Gasteiger partial charge < -0.3 is 15.4 Å². The number of pyridine rings is 1. The van der Waals surface area contributed by atoms with Crippen LogP contribution in [0.1, 0.15) is 43.6 Å². The molecule has 1 fully saturated rings. The van der Waals surface area contributed by atoms with Crippen LogP contribution in [0.15, 0.2) is 46.6 Å². The van der Waals surface area contributed by atoms with Gasteiger partial charge >= 0.3 is 0 Å². The molecular formula is C23H27FN6O3. The summed E-state index contributed by atoms with van der Waals surface area (Å²) in [5, 5.41) is 14.7. The number of hydrogen-bond acceptors (Lipinski definition) is 7. The van der Waals surface area contributed by atoms with Crippen LogP contribution in [0, 0.1) is 11.7 Å². The molecule has 1 heterocycles. The molecule has 1 aromatic carbocycles. The maximum absolute atomic E-state index is 13.2. The normalized spacial score (nSPS) is 17.5. The van der Waals surface area contributed by atoms with Gasteiger partial charge in [0.1, 0.15) is 23.1 Å². The maximum atomic E-state index is 13.2. The molecule has 9 nitrogen and oxygen atoms in total. The molecule has 2 aromatic rings. The van der Waals surface area contributed by atoms with Crippen molar-refractivity contribution >= 4 is 36.3 Å². The molecule has 0 bridgehead atoms. The van der Waals surface area contributed by atoms with Crippen molar-refractivity contribution in [1.29, 1.82) is 0 Å². The molecule has 3 rings (SSSR count). The number of ether oxygens (including phenoxy) is 1. The minimum Gasteiger partial charge on any atom is -0.493 e. The summed E-state index contributed by atoms with van der Waals surface area (Å²) < 4.78 is 18.9. The fourth-order valence-electron chi connectivity index (χ4n) is 3.71. The topological polar surface area (TPSA) is 108 Å². The third kappa shape index (κ3) is 6.34. The van der Waals surface area contributed by atoms with Crippen LogP contribution in [0.25, 0.3) is 0 Å². The van der Waals surface area contributed by atoms with Crippen molar-refractivity contribution in [1.82, 2.24) is 10.3 Å². The fourth-order valence-corrected chi connectivity index (χ4v) is 3.71. The molecule has 1 aliphatic rings. The van der Waals surface area contributed by atoms with E-state index in [4.69, 9.17) is 4.74 Å². The number of aromatic nitrogens is 1. The van der Waals surface area contributed by atoms with E-state index in [9.17, 15) is 14.0 Å². The van der Waals surface area contributed by atoms with Gasteiger partial charge in [0.15, 0.2) is 5.69 Å². The molecule has 0 radical (unpaired) electrons. The Labute approximate surface area is 191 Å². The predicted molar refractivity (Wildman–Crippen MR) is 125 cm³/mol. The number of anilines is 2. The molecule has 0 unspecified atom stereocenters. The van der Waals surface area contributed by atoms with Gasteiger partial charge in [-0.25, -0.2) is 9.37 Å². The highest BCUT2D eigenvalue weighted by Gasteiger charge is 2.31. The van der Waals surface area contributed by atoms with E-state index in [2.05, 4.69) is 32.5 Å². The summed E-state index contributed by atoms with van der Waals surface area (Å²) >= 11 is 0. The maximum Gasteiger partial charge on any atom is 0.272 e. The first-order chi connectivity index (χ1) is 15.9. The van der Waals surface area contributed by atoms with Gasteiger partial charge in [0.25, 0.3) is 5.91 Å². The Morgan fingerprint density at radius 3 is 2.70 bits per heavy atom. The average molecular weight is 455 g/mol. The van der Waals surface area contributed by atoms with E-state index in [-0.39, 0.29) is 35.2 Å². The molecular weight excluding hydrogens is 427 g/mol. The third-order valence-corrected chi connectivity index (χ3v) is 5.22. The first-order valence-corrected chi connectivity index (χ1v) is 10.6. The van der Waals surface area contributed by atoms with Crippen LogP contribution in [0.2, 0.25) is 0 Å². The number of amides is 2. The number of hydrazone groups is 2. The van der Waals surface area contributed by atoms with E-state index >= 15 is 0 Å². The molecule has 0 spiro atoms. The molecule has 1 saturated carbocycles. The lowest BCUT2D eigenvalue weighted by Gasteiger charge is -2.22. The molecule has 2 amide bonds. The number of rotatable bonds is 9. The van der Waals surface area contributed by atoms with Gasteiger partial charge in [0, 0.05) is 31.8 Å². The molecule has 10 heteroatoms. The summed E-state index contributed by atoms with van der Waals surface area (Å²) in [4.78, 5) is 29.0. The Kier molecular flexibility index (Phi) is 8.06. The van der Waals surface area contributed by atoms with Gasteiger partial charge in [-0.15, -0.1) is 0 Å². The number of nitrogens with one attached hydrogen (secondary N) is 2. The zero-order valence-corrected chi connectivity index (χ0v) is 18.6. The van der Waals surface area contributed by atoms with Crippen molar-refractivity contribution in [2.75, 3.05) is 17.0 Å². The number of carbonyl (C=O) groups is 2. The lowest BCUT2D eigenvalue weighted by atomic mass is 10.0. The van der Waals surface area contributed by atoms with Gasteiger partial charge in [-0.2, -0.15) is 15.3 Å². The molecule has 1 aliphatic carbocycles. The van der Waals surface area contributed by atoms with Gasteiger partial charge in [-0.05, 0) is 56.2 Å². The van der Waals surface area contributed by atoms with E-state index in [0.717, 1.165) is 19.3 Å². The van der Waals surface area contributed by atoms with Crippen molar-refractivity contribution < 1.29 is 18.7 Å². The second-order valence-corrected chi connectivity index (χ2v) is 7.59. The predicted octanol–water partition coefficient (Wildman–Crippen LogP) is 3.58. The second-order valence-electron chi connectivity index (χ2n) is 7.59. The van der Waals surface area contributed by atoms with Crippen LogP contribution in [0.3, 0.4) is 0 Å². The third-order valence-electron chi connectivity index (χ3n) is 5.22. The number of halogens is 1. The summed E-state index contributed by atoms with van der Waals surface area (Å²) in [5.74, 6) is -0.151. The molecule has 2 N–H and O–H groups in total. The lowest BCUT2D eigenvalue weighted by Crippen LogP contribution is -2.40. The van der Waals surface area contributed by atoms with Crippen LogP contribution >= 0.6 is 0 Å². The minimum absolute atomic E-state index is 0.0596. The SMILES string of the molecule is C=NN(/N=C\C)c1ccc(NC(C)=O)nc1C(=O)N[C@H]1CCC[C@@H]1COc1ccc(F)cc1. The van der Waals surface area contributed by atoms with Gasteiger partial charge in [0.05, 0.1) is 6.61 Å². The quantitative estimate of drug-likeness (QED) is 0.445. The monoisotopic (exact) mass is 454 g/mol. The average Bonchev–Trinajstić information content (AvgIpc) is 3.23. The Morgan fingerprint density at radius 2 is 2.03 bits per heavy atom. The molecule has 174 valence electrons. The minimum atomic E-state index is -0.421. The van der Waals surface area contributed by atoms with Crippen molar-refractivity contribution in [3.05, 3.63) is 47.9 Å². The first kappa shape index (κ1) is 23.8. The van der Waals surface area contributed by atoms with Gasteiger partial charge in [0.2, 0.25) is 5.91 Å². The Morgan fingerprint density at radius 1 is 1.27 bits per heavy atom. The lowest BCUT2D eigenvalue weighted by molar-refractivity contribution is -0.114. The summed E-state index contributed by atoms with van der Waals surface area (Å²) in [5.41, 5.74) is 0.385. The zero-order valence-electron chi connectivity index (χ0n) is 18.6.